The van der Waals surface area contributed by atoms with Crippen molar-refractivity contribution in [2.45, 2.75) is 63.8 Å². The monoisotopic (exact) mass is 284 g/mol. The van der Waals surface area contributed by atoms with Gasteiger partial charge in [-0.2, -0.15) is 0 Å². The molecule has 0 spiro atoms. The quantitative estimate of drug-likeness (QED) is 0.903. The van der Waals surface area contributed by atoms with E-state index in [0.29, 0.717) is 17.4 Å². The molecule has 4 saturated carbocycles. The summed E-state index contributed by atoms with van der Waals surface area (Å²) in [6, 6.07) is 4.55. The number of rotatable bonds is 4. The zero-order valence-electron chi connectivity index (χ0n) is 13.2. The van der Waals surface area contributed by atoms with Crippen LogP contribution in [0.5, 0.6) is 0 Å². The van der Waals surface area contributed by atoms with E-state index in [1.807, 2.05) is 12.4 Å². The minimum Gasteiger partial charge on any atom is -0.327 e. The van der Waals surface area contributed by atoms with Gasteiger partial charge in [-0.15, -0.1) is 0 Å². The summed E-state index contributed by atoms with van der Waals surface area (Å²) < 4.78 is 0. The second-order valence-electron chi connectivity index (χ2n) is 8.35. The summed E-state index contributed by atoms with van der Waals surface area (Å²) in [6.45, 7) is 2.29. The van der Waals surface area contributed by atoms with Gasteiger partial charge in [0.15, 0.2) is 0 Å². The molecule has 2 atom stereocenters. The largest absolute Gasteiger partial charge is 0.327 e. The maximum absolute atomic E-state index is 6.65. The normalized spacial score (nSPS) is 40.2. The highest BCUT2D eigenvalue weighted by molar-refractivity contribution is 5.17. The highest BCUT2D eigenvalue weighted by atomic mass is 14.7. The van der Waals surface area contributed by atoms with Crippen LogP contribution < -0.4 is 5.73 Å². The first-order valence-electron chi connectivity index (χ1n) is 8.79. The molecule has 4 aliphatic rings. The van der Waals surface area contributed by atoms with Crippen molar-refractivity contribution in [1.82, 2.24) is 4.98 Å². The first-order chi connectivity index (χ1) is 10.1. The number of hydrogen-bond donors (Lipinski definition) is 1. The van der Waals surface area contributed by atoms with Crippen LogP contribution in [0.3, 0.4) is 0 Å². The second kappa shape index (κ2) is 5.08. The van der Waals surface area contributed by atoms with Gasteiger partial charge in [-0.3, -0.25) is 4.98 Å². The van der Waals surface area contributed by atoms with E-state index >= 15 is 0 Å². The zero-order chi connectivity index (χ0) is 14.4. The predicted molar refractivity (Wildman–Crippen MR) is 85.8 cm³/mol. The first kappa shape index (κ1) is 13.8. The fourth-order valence-electron chi connectivity index (χ4n) is 6.13. The van der Waals surface area contributed by atoms with Gasteiger partial charge in [0, 0.05) is 18.4 Å². The standard InChI is InChI=1S/C19H28N2/c1-13(17-2-4-21-5-3-17)18(20)12-19-9-14-6-15(10-19)8-16(7-14)11-19/h2-5,13-16,18H,6-12,20H2,1H3. The molecular weight excluding hydrogens is 256 g/mol. The molecule has 4 aliphatic carbocycles. The van der Waals surface area contributed by atoms with Gasteiger partial charge < -0.3 is 5.73 Å². The molecule has 5 rings (SSSR count). The number of nitrogens with two attached hydrogens (primary N) is 1. The van der Waals surface area contributed by atoms with E-state index in [4.69, 9.17) is 5.73 Å². The molecule has 0 amide bonds. The Morgan fingerprint density at radius 2 is 1.62 bits per heavy atom. The highest BCUT2D eigenvalue weighted by Crippen LogP contribution is 2.61. The third kappa shape index (κ3) is 2.52. The zero-order valence-corrected chi connectivity index (χ0v) is 13.2. The van der Waals surface area contributed by atoms with Crippen molar-refractivity contribution >= 4 is 0 Å². The third-order valence-electron chi connectivity index (χ3n) is 6.71. The lowest BCUT2D eigenvalue weighted by atomic mass is 9.48. The van der Waals surface area contributed by atoms with E-state index in [9.17, 15) is 0 Å². The molecule has 2 heteroatoms. The van der Waals surface area contributed by atoms with Crippen LogP contribution in [0.4, 0.5) is 0 Å². The minimum atomic E-state index is 0.295. The molecule has 2 unspecified atom stereocenters. The van der Waals surface area contributed by atoms with E-state index < -0.39 is 0 Å². The number of hydrogen-bond acceptors (Lipinski definition) is 2. The Balaban J connectivity index is 1.48. The van der Waals surface area contributed by atoms with Crippen LogP contribution in [-0.4, -0.2) is 11.0 Å². The molecule has 0 aliphatic heterocycles. The Morgan fingerprint density at radius 1 is 1.10 bits per heavy atom. The minimum absolute atomic E-state index is 0.295. The fraction of sp³-hybridized carbons (Fsp3) is 0.737. The molecular formula is C19H28N2. The topological polar surface area (TPSA) is 38.9 Å². The van der Waals surface area contributed by atoms with Crippen LogP contribution in [0.1, 0.15) is 63.4 Å². The number of pyridine rings is 1. The Kier molecular flexibility index (Phi) is 3.33. The molecule has 0 saturated heterocycles. The van der Waals surface area contributed by atoms with Crippen LogP contribution in [0, 0.1) is 23.2 Å². The summed E-state index contributed by atoms with van der Waals surface area (Å²) in [4.78, 5) is 4.13. The number of aromatic nitrogens is 1. The lowest BCUT2D eigenvalue weighted by molar-refractivity contribution is -0.0612. The summed E-state index contributed by atoms with van der Waals surface area (Å²) >= 11 is 0. The summed E-state index contributed by atoms with van der Waals surface area (Å²) in [5, 5.41) is 0. The van der Waals surface area contributed by atoms with Crippen LogP contribution in [0.2, 0.25) is 0 Å². The third-order valence-corrected chi connectivity index (χ3v) is 6.71. The predicted octanol–water partition coefficient (Wildman–Crippen LogP) is 4.12. The van der Waals surface area contributed by atoms with Crippen LogP contribution in [-0.2, 0) is 0 Å². The molecule has 0 radical (unpaired) electrons. The summed E-state index contributed by atoms with van der Waals surface area (Å²) in [6.07, 6.45) is 14.0. The van der Waals surface area contributed by atoms with Crippen molar-refractivity contribution in [1.29, 1.82) is 0 Å². The molecule has 1 aromatic rings. The van der Waals surface area contributed by atoms with E-state index in [0.717, 1.165) is 17.8 Å². The molecule has 1 heterocycles. The van der Waals surface area contributed by atoms with Gasteiger partial charge in [-0.1, -0.05) is 6.92 Å². The second-order valence-corrected chi connectivity index (χ2v) is 8.35. The Bertz CT molecular complexity index is 460. The van der Waals surface area contributed by atoms with Crippen LogP contribution >= 0.6 is 0 Å². The van der Waals surface area contributed by atoms with E-state index in [1.54, 1.807) is 0 Å². The summed E-state index contributed by atoms with van der Waals surface area (Å²) in [7, 11) is 0. The lowest BCUT2D eigenvalue weighted by Gasteiger charge is -2.57. The van der Waals surface area contributed by atoms with Crippen molar-refractivity contribution in [2.75, 3.05) is 0 Å². The van der Waals surface area contributed by atoms with Crippen molar-refractivity contribution in [3.63, 3.8) is 0 Å². The van der Waals surface area contributed by atoms with E-state index in [2.05, 4.69) is 24.0 Å². The fourth-order valence-corrected chi connectivity index (χ4v) is 6.13. The van der Waals surface area contributed by atoms with E-state index in [-0.39, 0.29) is 0 Å². The average Bonchev–Trinajstić information content (AvgIpc) is 2.45. The molecule has 114 valence electrons. The van der Waals surface area contributed by atoms with E-state index in [1.165, 1.54) is 50.5 Å². The van der Waals surface area contributed by atoms with Gasteiger partial charge in [-0.05, 0) is 91.7 Å². The maximum Gasteiger partial charge on any atom is 0.0270 e. The van der Waals surface area contributed by atoms with Gasteiger partial charge in [-0.25, -0.2) is 0 Å². The Labute approximate surface area is 128 Å². The maximum atomic E-state index is 6.65. The lowest BCUT2D eigenvalue weighted by Crippen LogP contribution is -2.48. The SMILES string of the molecule is CC(c1ccncc1)C(N)CC12CC3CC(CC(C3)C1)C2. The molecule has 0 aromatic carbocycles. The smallest absolute Gasteiger partial charge is 0.0270 e. The molecule has 1 aromatic heterocycles. The average molecular weight is 284 g/mol. The van der Waals surface area contributed by atoms with Crippen molar-refractivity contribution in [3.8, 4) is 0 Å². The van der Waals surface area contributed by atoms with Crippen LogP contribution in [0.25, 0.3) is 0 Å². The van der Waals surface area contributed by atoms with Crippen LogP contribution in [0.15, 0.2) is 24.5 Å². The summed E-state index contributed by atoms with van der Waals surface area (Å²) in [5.41, 5.74) is 8.59. The van der Waals surface area contributed by atoms with Gasteiger partial charge in [0.05, 0.1) is 0 Å². The van der Waals surface area contributed by atoms with Crippen molar-refractivity contribution < 1.29 is 0 Å². The van der Waals surface area contributed by atoms with Crippen molar-refractivity contribution in [2.24, 2.45) is 28.9 Å². The molecule has 2 nitrogen and oxygen atoms in total. The first-order valence-corrected chi connectivity index (χ1v) is 8.79. The molecule has 4 bridgehead atoms. The van der Waals surface area contributed by atoms with Gasteiger partial charge in [0.2, 0.25) is 0 Å². The van der Waals surface area contributed by atoms with Crippen molar-refractivity contribution in [3.05, 3.63) is 30.1 Å². The number of nitrogens with zero attached hydrogens (tertiary/aromatic N) is 1. The molecule has 21 heavy (non-hydrogen) atoms. The highest BCUT2D eigenvalue weighted by Gasteiger charge is 2.51. The molecule has 2 N–H and O–H groups in total. The Morgan fingerprint density at radius 3 is 2.14 bits per heavy atom. The Hall–Kier alpha value is -0.890. The van der Waals surface area contributed by atoms with Gasteiger partial charge in [0.1, 0.15) is 0 Å². The van der Waals surface area contributed by atoms with Gasteiger partial charge in [0.25, 0.3) is 0 Å². The summed E-state index contributed by atoms with van der Waals surface area (Å²) in [5.74, 6) is 3.53. The molecule has 4 fully saturated rings. The van der Waals surface area contributed by atoms with Gasteiger partial charge >= 0.3 is 0 Å².